The summed E-state index contributed by atoms with van der Waals surface area (Å²) in [4.78, 5) is 4.08. The lowest BCUT2D eigenvalue weighted by molar-refractivity contribution is 0.861. The molecule has 0 aromatic carbocycles. The molecule has 100 valence electrons. The average molecular weight is 284 g/mol. The van der Waals surface area contributed by atoms with E-state index in [0.29, 0.717) is 10.6 Å². The van der Waals surface area contributed by atoms with Gasteiger partial charge >= 0.3 is 0 Å². The Labute approximate surface area is 120 Å². The quantitative estimate of drug-likeness (QED) is 0.592. The molecule has 0 fully saturated rings. The molecule has 3 rings (SSSR count). The molecule has 3 aromatic heterocycles. The van der Waals surface area contributed by atoms with Crippen LogP contribution in [0, 0.1) is 4.77 Å². The van der Waals surface area contributed by atoms with Crippen LogP contribution in [0.5, 0.6) is 0 Å². The summed E-state index contributed by atoms with van der Waals surface area (Å²) in [6.07, 6.45) is 7.13. The third-order valence-corrected chi connectivity index (χ3v) is 3.12. The van der Waals surface area contributed by atoms with E-state index in [2.05, 4.69) is 20.3 Å². The Hall–Kier alpha value is -2.54. The summed E-state index contributed by atoms with van der Waals surface area (Å²) >= 11 is 5.20. The number of pyridine rings is 1. The van der Waals surface area contributed by atoms with Crippen LogP contribution in [0.15, 0.2) is 48.0 Å². The summed E-state index contributed by atoms with van der Waals surface area (Å²) in [5.74, 6) is 0.633. The van der Waals surface area contributed by atoms with Crippen LogP contribution in [0.4, 0.5) is 0 Å². The molecule has 0 aliphatic heterocycles. The maximum Gasteiger partial charge on any atom is 0.216 e. The van der Waals surface area contributed by atoms with Crippen LogP contribution in [-0.2, 0) is 7.05 Å². The Kier molecular flexibility index (Phi) is 3.26. The van der Waals surface area contributed by atoms with Gasteiger partial charge in [0.2, 0.25) is 4.77 Å². The van der Waals surface area contributed by atoms with Crippen molar-refractivity contribution >= 4 is 18.4 Å². The first-order chi connectivity index (χ1) is 9.75. The lowest BCUT2D eigenvalue weighted by Gasteiger charge is -2.00. The second-order valence-corrected chi connectivity index (χ2v) is 4.58. The minimum absolute atomic E-state index is 0.439. The number of aromatic amines is 1. The van der Waals surface area contributed by atoms with E-state index in [1.165, 1.54) is 0 Å². The SMILES string of the molecule is Cn1cccc1C=Nn1c(-c2cccnc2)n[nH]c1=S. The first kappa shape index (κ1) is 12.5. The topological polar surface area (TPSA) is 63.8 Å². The van der Waals surface area contributed by atoms with Crippen molar-refractivity contribution in [2.24, 2.45) is 12.1 Å². The first-order valence-corrected chi connectivity index (χ1v) is 6.40. The molecule has 0 spiro atoms. The average Bonchev–Trinajstić information content (AvgIpc) is 3.04. The standard InChI is InChI=1S/C13H12N6S/c1-18-7-3-5-11(18)9-15-19-12(16-17-13(19)20)10-4-2-6-14-8-10/h2-9H,1H3,(H,17,20). The maximum atomic E-state index is 5.20. The minimum Gasteiger partial charge on any atom is -0.350 e. The van der Waals surface area contributed by atoms with Crippen LogP contribution in [0.3, 0.4) is 0 Å². The van der Waals surface area contributed by atoms with Gasteiger partial charge < -0.3 is 4.57 Å². The fraction of sp³-hybridized carbons (Fsp3) is 0.0769. The van der Waals surface area contributed by atoms with Gasteiger partial charge in [-0.3, -0.25) is 4.98 Å². The highest BCUT2D eigenvalue weighted by atomic mass is 32.1. The smallest absolute Gasteiger partial charge is 0.216 e. The van der Waals surface area contributed by atoms with Crippen LogP contribution >= 0.6 is 12.2 Å². The van der Waals surface area contributed by atoms with Gasteiger partial charge in [-0.15, -0.1) is 0 Å². The molecule has 0 aliphatic carbocycles. The van der Waals surface area contributed by atoms with Crippen molar-refractivity contribution in [3.63, 3.8) is 0 Å². The van der Waals surface area contributed by atoms with Crippen molar-refractivity contribution in [2.75, 3.05) is 0 Å². The van der Waals surface area contributed by atoms with E-state index in [9.17, 15) is 0 Å². The largest absolute Gasteiger partial charge is 0.350 e. The highest BCUT2D eigenvalue weighted by Gasteiger charge is 2.07. The zero-order chi connectivity index (χ0) is 13.9. The van der Waals surface area contributed by atoms with Crippen molar-refractivity contribution in [2.45, 2.75) is 0 Å². The molecule has 1 N–H and O–H groups in total. The van der Waals surface area contributed by atoms with Gasteiger partial charge in [0.1, 0.15) is 0 Å². The molecular weight excluding hydrogens is 272 g/mol. The summed E-state index contributed by atoms with van der Waals surface area (Å²) in [5.41, 5.74) is 1.83. The minimum atomic E-state index is 0.439. The van der Waals surface area contributed by atoms with Crippen molar-refractivity contribution in [1.29, 1.82) is 0 Å². The van der Waals surface area contributed by atoms with E-state index >= 15 is 0 Å². The number of rotatable bonds is 3. The number of nitrogens with one attached hydrogen (secondary N) is 1. The zero-order valence-electron chi connectivity index (χ0n) is 10.8. The number of aryl methyl sites for hydroxylation is 1. The monoisotopic (exact) mass is 284 g/mol. The fourth-order valence-corrected chi connectivity index (χ4v) is 1.99. The van der Waals surface area contributed by atoms with E-state index in [4.69, 9.17) is 12.2 Å². The van der Waals surface area contributed by atoms with Crippen molar-refractivity contribution in [3.8, 4) is 11.4 Å². The van der Waals surface area contributed by atoms with Gasteiger partial charge in [0.25, 0.3) is 0 Å². The predicted molar refractivity (Wildman–Crippen MR) is 79.0 cm³/mol. The Morgan fingerprint density at radius 3 is 2.95 bits per heavy atom. The van der Waals surface area contributed by atoms with E-state index in [-0.39, 0.29) is 0 Å². The van der Waals surface area contributed by atoms with Crippen molar-refractivity contribution in [1.82, 2.24) is 24.4 Å². The Morgan fingerprint density at radius 1 is 1.35 bits per heavy atom. The van der Waals surface area contributed by atoms with Crippen LogP contribution in [0.2, 0.25) is 0 Å². The van der Waals surface area contributed by atoms with Crippen LogP contribution in [0.25, 0.3) is 11.4 Å². The van der Waals surface area contributed by atoms with E-state index in [1.807, 2.05) is 42.1 Å². The molecule has 0 unspecified atom stereocenters. The van der Waals surface area contributed by atoms with E-state index in [0.717, 1.165) is 11.3 Å². The molecule has 0 atom stereocenters. The number of hydrogen-bond acceptors (Lipinski definition) is 4. The van der Waals surface area contributed by atoms with Gasteiger partial charge in [0.15, 0.2) is 5.82 Å². The molecule has 0 aliphatic rings. The summed E-state index contributed by atoms with van der Waals surface area (Å²) in [5, 5.41) is 11.3. The molecule has 3 heterocycles. The van der Waals surface area contributed by atoms with Gasteiger partial charge in [0.05, 0.1) is 11.9 Å². The van der Waals surface area contributed by atoms with Crippen LogP contribution < -0.4 is 0 Å². The summed E-state index contributed by atoms with van der Waals surface area (Å²) in [6.45, 7) is 0. The zero-order valence-corrected chi connectivity index (χ0v) is 11.6. The highest BCUT2D eigenvalue weighted by Crippen LogP contribution is 2.15. The molecule has 20 heavy (non-hydrogen) atoms. The van der Waals surface area contributed by atoms with Crippen molar-refractivity contribution < 1.29 is 0 Å². The number of hydrogen-bond donors (Lipinski definition) is 1. The summed E-state index contributed by atoms with van der Waals surface area (Å²) in [6, 6.07) is 7.68. The number of nitrogens with zero attached hydrogens (tertiary/aromatic N) is 5. The van der Waals surface area contributed by atoms with E-state index in [1.54, 1.807) is 23.3 Å². The molecule has 0 radical (unpaired) electrons. The number of aromatic nitrogens is 5. The number of H-pyrrole nitrogens is 1. The van der Waals surface area contributed by atoms with Crippen LogP contribution in [-0.4, -0.2) is 30.6 Å². The van der Waals surface area contributed by atoms with E-state index < -0.39 is 0 Å². The fourth-order valence-electron chi connectivity index (χ4n) is 1.81. The van der Waals surface area contributed by atoms with Gasteiger partial charge in [0, 0.05) is 31.2 Å². The molecular formula is C13H12N6S. The third kappa shape index (κ3) is 2.30. The van der Waals surface area contributed by atoms with Gasteiger partial charge in [-0.25, -0.2) is 5.10 Å². The predicted octanol–water partition coefficient (Wildman–Crippen LogP) is 2.22. The second-order valence-electron chi connectivity index (χ2n) is 4.19. The Balaban J connectivity index is 2.03. The highest BCUT2D eigenvalue weighted by molar-refractivity contribution is 7.71. The summed E-state index contributed by atoms with van der Waals surface area (Å²) < 4.78 is 3.99. The van der Waals surface area contributed by atoms with Crippen LogP contribution in [0.1, 0.15) is 5.69 Å². The molecule has 0 saturated carbocycles. The molecule has 0 saturated heterocycles. The van der Waals surface area contributed by atoms with Gasteiger partial charge in [-0.2, -0.15) is 14.9 Å². The molecule has 3 aromatic rings. The molecule has 0 bridgehead atoms. The second kappa shape index (κ2) is 5.22. The van der Waals surface area contributed by atoms with Gasteiger partial charge in [-0.1, -0.05) is 0 Å². The molecule has 6 nitrogen and oxygen atoms in total. The third-order valence-electron chi connectivity index (χ3n) is 2.86. The maximum absolute atomic E-state index is 5.20. The molecule has 7 heteroatoms. The first-order valence-electron chi connectivity index (χ1n) is 5.99. The lowest BCUT2D eigenvalue weighted by atomic mass is 10.3. The molecule has 0 amide bonds. The normalized spacial score (nSPS) is 11.2. The summed E-state index contributed by atoms with van der Waals surface area (Å²) in [7, 11) is 1.96. The lowest BCUT2D eigenvalue weighted by Crippen LogP contribution is -1.98. The van der Waals surface area contributed by atoms with Gasteiger partial charge in [-0.05, 0) is 36.5 Å². The Bertz CT molecular complexity index is 796. The van der Waals surface area contributed by atoms with Crippen molar-refractivity contribution in [3.05, 3.63) is 53.3 Å². The Morgan fingerprint density at radius 2 is 2.25 bits per heavy atom.